The maximum atomic E-state index is 6.32. The minimum absolute atomic E-state index is 0.140. The zero-order valence-corrected chi connectivity index (χ0v) is 15.2. The Hall–Kier alpha value is -1.62. The largest absolute Gasteiger partial charge is 0.361 e. The van der Waals surface area contributed by atoms with Gasteiger partial charge < -0.3 is 15.5 Å². The van der Waals surface area contributed by atoms with E-state index in [2.05, 4.69) is 34.6 Å². The van der Waals surface area contributed by atoms with Crippen LogP contribution >= 0.6 is 23.8 Å². The van der Waals surface area contributed by atoms with Gasteiger partial charge >= 0.3 is 0 Å². The molecule has 122 valence electrons. The number of halogens is 1. The highest BCUT2D eigenvalue weighted by Crippen LogP contribution is 2.25. The second-order valence-corrected chi connectivity index (χ2v) is 6.52. The molecule has 0 heterocycles. The van der Waals surface area contributed by atoms with E-state index in [1.807, 2.05) is 50.5 Å². The average Bonchev–Trinajstić information content (AvgIpc) is 2.51. The highest BCUT2D eigenvalue weighted by Gasteiger charge is 2.17. The van der Waals surface area contributed by atoms with Crippen LogP contribution in [0.25, 0.3) is 0 Å². The van der Waals surface area contributed by atoms with Gasteiger partial charge in [-0.1, -0.05) is 47.5 Å². The molecule has 1 atom stereocenters. The van der Waals surface area contributed by atoms with Gasteiger partial charge in [-0.15, -0.1) is 0 Å². The number of benzene rings is 2. The van der Waals surface area contributed by atoms with Crippen molar-refractivity contribution in [2.75, 3.05) is 26.0 Å². The fourth-order valence-corrected chi connectivity index (χ4v) is 2.78. The number of aryl methyl sites for hydroxylation is 1. The molecule has 2 aromatic rings. The van der Waals surface area contributed by atoms with E-state index < -0.39 is 0 Å². The molecule has 23 heavy (non-hydrogen) atoms. The predicted molar refractivity (Wildman–Crippen MR) is 103 cm³/mol. The molecular formula is C18H22ClN3S. The Kier molecular flexibility index (Phi) is 6.39. The Morgan fingerprint density at radius 3 is 2.39 bits per heavy atom. The van der Waals surface area contributed by atoms with E-state index in [0.717, 1.165) is 16.3 Å². The molecule has 0 aliphatic rings. The predicted octanol–water partition coefficient (Wildman–Crippen LogP) is 4.24. The van der Waals surface area contributed by atoms with Crippen molar-refractivity contribution in [3.8, 4) is 0 Å². The molecule has 2 rings (SSSR count). The summed E-state index contributed by atoms with van der Waals surface area (Å²) in [5.74, 6) is 0. The Morgan fingerprint density at radius 2 is 1.78 bits per heavy atom. The van der Waals surface area contributed by atoms with Crippen molar-refractivity contribution >= 4 is 34.6 Å². The Labute approximate surface area is 148 Å². The van der Waals surface area contributed by atoms with Gasteiger partial charge in [-0.25, -0.2) is 0 Å². The van der Waals surface area contributed by atoms with Crippen molar-refractivity contribution in [1.29, 1.82) is 0 Å². The summed E-state index contributed by atoms with van der Waals surface area (Å²) in [4.78, 5) is 2.13. The van der Waals surface area contributed by atoms with Crippen LogP contribution in [0.5, 0.6) is 0 Å². The van der Waals surface area contributed by atoms with Crippen molar-refractivity contribution in [1.82, 2.24) is 10.2 Å². The van der Waals surface area contributed by atoms with E-state index in [4.69, 9.17) is 23.8 Å². The molecule has 0 unspecified atom stereocenters. The van der Waals surface area contributed by atoms with E-state index in [1.54, 1.807) is 0 Å². The van der Waals surface area contributed by atoms with Crippen LogP contribution in [0.2, 0.25) is 5.02 Å². The molecule has 0 aliphatic carbocycles. The average molecular weight is 348 g/mol. The highest BCUT2D eigenvalue weighted by molar-refractivity contribution is 7.80. The summed E-state index contributed by atoms with van der Waals surface area (Å²) < 4.78 is 0. The summed E-state index contributed by atoms with van der Waals surface area (Å²) in [6.45, 7) is 2.74. The first-order chi connectivity index (χ1) is 11.0. The lowest BCUT2D eigenvalue weighted by Crippen LogP contribution is -2.36. The van der Waals surface area contributed by atoms with Crippen LogP contribution in [-0.2, 0) is 0 Å². The van der Waals surface area contributed by atoms with Gasteiger partial charge in [0.15, 0.2) is 5.11 Å². The Morgan fingerprint density at radius 1 is 1.13 bits per heavy atom. The highest BCUT2D eigenvalue weighted by atomic mass is 35.5. The maximum Gasteiger partial charge on any atom is 0.170 e. The van der Waals surface area contributed by atoms with Gasteiger partial charge in [-0.05, 0) is 57.0 Å². The molecule has 0 saturated carbocycles. The smallest absolute Gasteiger partial charge is 0.170 e. The fourth-order valence-electron chi connectivity index (χ4n) is 2.32. The van der Waals surface area contributed by atoms with E-state index >= 15 is 0 Å². The third-order valence-electron chi connectivity index (χ3n) is 3.65. The first-order valence-corrected chi connectivity index (χ1v) is 8.28. The minimum Gasteiger partial charge on any atom is -0.361 e. The van der Waals surface area contributed by atoms with Crippen LogP contribution in [0.1, 0.15) is 17.2 Å². The van der Waals surface area contributed by atoms with Crippen molar-refractivity contribution in [3.63, 3.8) is 0 Å². The molecule has 0 radical (unpaired) electrons. The summed E-state index contributed by atoms with van der Waals surface area (Å²) in [5.41, 5.74) is 3.29. The van der Waals surface area contributed by atoms with Crippen LogP contribution in [0, 0.1) is 6.92 Å². The van der Waals surface area contributed by atoms with Crippen molar-refractivity contribution in [2.24, 2.45) is 0 Å². The van der Waals surface area contributed by atoms with Crippen LogP contribution < -0.4 is 10.6 Å². The summed E-state index contributed by atoms with van der Waals surface area (Å²) in [5, 5.41) is 7.84. The number of rotatable bonds is 5. The standard InChI is InChI=1S/C18H22ClN3S/c1-13-8-10-14(11-9-13)21-18(23)20-12-17(22(2)3)15-6-4-5-7-16(15)19/h4-11,17H,12H2,1-3H3,(H2,20,21,23)/t17-/m0/s1. The van der Waals surface area contributed by atoms with Gasteiger partial charge in [0.25, 0.3) is 0 Å². The summed E-state index contributed by atoms with van der Waals surface area (Å²) >= 11 is 11.7. The second kappa shape index (κ2) is 8.29. The molecule has 2 aromatic carbocycles. The molecule has 2 N–H and O–H groups in total. The second-order valence-electron chi connectivity index (χ2n) is 5.70. The first kappa shape index (κ1) is 17.7. The fraction of sp³-hybridized carbons (Fsp3) is 0.278. The van der Waals surface area contributed by atoms with E-state index in [1.165, 1.54) is 5.56 Å². The lowest BCUT2D eigenvalue weighted by atomic mass is 10.1. The van der Waals surface area contributed by atoms with Gasteiger partial charge in [0, 0.05) is 17.3 Å². The van der Waals surface area contributed by atoms with Gasteiger partial charge in [-0.3, -0.25) is 0 Å². The van der Waals surface area contributed by atoms with Crippen LogP contribution in [0.15, 0.2) is 48.5 Å². The van der Waals surface area contributed by atoms with Crippen LogP contribution in [0.3, 0.4) is 0 Å². The third kappa shape index (κ3) is 5.20. The first-order valence-electron chi connectivity index (χ1n) is 7.49. The van der Waals surface area contributed by atoms with Gasteiger partial charge in [-0.2, -0.15) is 0 Å². The number of likely N-dealkylation sites (N-methyl/N-ethyl adjacent to an activating group) is 1. The lowest BCUT2D eigenvalue weighted by molar-refractivity contribution is 0.299. The zero-order chi connectivity index (χ0) is 16.8. The van der Waals surface area contributed by atoms with Crippen molar-refractivity contribution in [2.45, 2.75) is 13.0 Å². The van der Waals surface area contributed by atoms with Gasteiger partial charge in [0.1, 0.15) is 0 Å². The molecule has 0 amide bonds. The van der Waals surface area contributed by atoms with Crippen LogP contribution in [-0.4, -0.2) is 30.7 Å². The van der Waals surface area contributed by atoms with E-state index in [-0.39, 0.29) is 6.04 Å². The summed E-state index contributed by atoms with van der Waals surface area (Å²) in [6, 6.07) is 16.2. The number of nitrogens with zero attached hydrogens (tertiary/aromatic N) is 1. The molecule has 0 bridgehead atoms. The monoisotopic (exact) mass is 347 g/mol. The molecule has 0 fully saturated rings. The number of hydrogen-bond donors (Lipinski definition) is 2. The van der Waals surface area contributed by atoms with Gasteiger partial charge in [0.2, 0.25) is 0 Å². The Bertz CT molecular complexity index is 656. The van der Waals surface area contributed by atoms with E-state index in [0.29, 0.717) is 11.7 Å². The summed E-state index contributed by atoms with van der Waals surface area (Å²) in [6.07, 6.45) is 0. The lowest BCUT2D eigenvalue weighted by Gasteiger charge is -2.26. The quantitative estimate of drug-likeness (QED) is 0.791. The van der Waals surface area contributed by atoms with E-state index in [9.17, 15) is 0 Å². The summed E-state index contributed by atoms with van der Waals surface area (Å²) in [7, 11) is 4.07. The van der Waals surface area contributed by atoms with Gasteiger partial charge in [0.05, 0.1) is 6.04 Å². The number of anilines is 1. The SMILES string of the molecule is Cc1ccc(NC(=S)NC[C@@H](c2ccccc2Cl)N(C)C)cc1. The number of thiocarbonyl (C=S) groups is 1. The number of nitrogens with one attached hydrogen (secondary N) is 2. The molecule has 0 saturated heterocycles. The maximum absolute atomic E-state index is 6.32. The van der Waals surface area contributed by atoms with Crippen molar-refractivity contribution in [3.05, 3.63) is 64.7 Å². The normalized spacial score (nSPS) is 12.0. The molecular weight excluding hydrogens is 326 g/mol. The molecule has 0 spiro atoms. The van der Waals surface area contributed by atoms with Crippen LogP contribution in [0.4, 0.5) is 5.69 Å². The minimum atomic E-state index is 0.140. The molecule has 0 aliphatic heterocycles. The topological polar surface area (TPSA) is 27.3 Å². The zero-order valence-electron chi connectivity index (χ0n) is 13.6. The molecule has 3 nitrogen and oxygen atoms in total. The Balaban J connectivity index is 1.97. The van der Waals surface area contributed by atoms with Crippen molar-refractivity contribution < 1.29 is 0 Å². The number of hydrogen-bond acceptors (Lipinski definition) is 2. The molecule has 0 aromatic heterocycles. The molecule has 5 heteroatoms. The third-order valence-corrected chi connectivity index (χ3v) is 4.24.